The van der Waals surface area contributed by atoms with Gasteiger partial charge in [-0.25, -0.2) is 0 Å². The van der Waals surface area contributed by atoms with E-state index in [4.69, 9.17) is 0 Å². The van der Waals surface area contributed by atoms with E-state index in [1.165, 1.54) is 10.9 Å². The highest BCUT2D eigenvalue weighted by Crippen LogP contribution is 2.23. The molecule has 1 N–H and O–H groups in total. The molecule has 0 saturated heterocycles. The molecule has 0 radical (unpaired) electrons. The summed E-state index contributed by atoms with van der Waals surface area (Å²) >= 11 is 0. The predicted octanol–water partition coefficient (Wildman–Crippen LogP) is 3.15. The average Bonchev–Trinajstić information content (AvgIpc) is 2.29. The standard InChI is InChI=1S/C14H18N2/c1-10(2)14(15-3)12-8-11-6-4-5-7-13(11)16-9-12/h4-10,14-15H,1-3H3. The summed E-state index contributed by atoms with van der Waals surface area (Å²) in [6, 6.07) is 10.8. The number of hydrogen-bond acceptors (Lipinski definition) is 2. The monoisotopic (exact) mass is 214 g/mol. The van der Waals surface area contributed by atoms with Gasteiger partial charge in [0, 0.05) is 17.6 Å². The number of aromatic nitrogens is 1. The maximum absolute atomic E-state index is 4.49. The van der Waals surface area contributed by atoms with Crippen LogP contribution in [0.4, 0.5) is 0 Å². The van der Waals surface area contributed by atoms with Crippen LogP contribution in [-0.4, -0.2) is 12.0 Å². The number of fused-ring (bicyclic) bond motifs is 1. The van der Waals surface area contributed by atoms with Crippen molar-refractivity contribution in [3.63, 3.8) is 0 Å². The van der Waals surface area contributed by atoms with Crippen molar-refractivity contribution < 1.29 is 0 Å². The molecule has 1 heterocycles. The maximum Gasteiger partial charge on any atom is 0.0702 e. The van der Waals surface area contributed by atoms with Crippen molar-refractivity contribution in [1.29, 1.82) is 0 Å². The minimum Gasteiger partial charge on any atom is -0.313 e. The third-order valence-electron chi connectivity index (χ3n) is 2.95. The Morgan fingerprint density at radius 3 is 2.62 bits per heavy atom. The first-order valence-corrected chi connectivity index (χ1v) is 5.74. The Bertz CT molecular complexity index is 477. The first-order chi connectivity index (χ1) is 7.72. The Kier molecular flexibility index (Phi) is 3.20. The van der Waals surface area contributed by atoms with Crippen LogP contribution in [0.1, 0.15) is 25.5 Å². The van der Waals surface area contributed by atoms with Gasteiger partial charge in [-0.3, -0.25) is 4.98 Å². The Labute approximate surface area is 96.7 Å². The number of rotatable bonds is 3. The zero-order valence-electron chi connectivity index (χ0n) is 10.1. The molecular formula is C14H18N2. The van der Waals surface area contributed by atoms with E-state index in [1.54, 1.807) is 0 Å². The summed E-state index contributed by atoms with van der Waals surface area (Å²) < 4.78 is 0. The molecule has 2 aromatic rings. The second-order valence-corrected chi connectivity index (χ2v) is 4.47. The first-order valence-electron chi connectivity index (χ1n) is 5.74. The third kappa shape index (κ3) is 2.07. The molecule has 2 heteroatoms. The molecule has 1 atom stereocenters. The number of pyridine rings is 1. The summed E-state index contributed by atoms with van der Waals surface area (Å²) in [5.74, 6) is 0.563. The van der Waals surface area contributed by atoms with Crippen molar-refractivity contribution in [1.82, 2.24) is 10.3 Å². The van der Waals surface area contributed by atoms with E-state index in [2.05, 4.69) is 42.3 Å². The minimum atomic E-state index is 0.372. The molecule has 84 valence electrons. The van der Waals surface area contributed by atoms with Crippen molar-refractivity contribution in [2.75, 3.05) is 7.05 Å². The second kappa shape index (κ2) is 4.62. The van der Waals surface area contributed by atoms with Crippen molar-refractivity contribution in [2.24, 2.45) is 5.92 Å². The van der Waals surface area contributed by atoms with Crippen LogP contribution in [0, 0.1) is 5.92 Å². The Morgan fingerprint density at radius 2 is 1.94 bits per heavy atom. The molecule has 1 unspecified atom stereocenters. The molecule has 1 aromatic heterocycles. The lowest BCUT2D eigenvalue weighted by molar-refractivity contribution is 0.442. The van der Waals surface area contributed by atoms with Crippen LogP contribution in [0.5, 0.6) is 0 Å². The molecule has 0 spiro atoms. The van der Waals surface area contributed by atoms with Crippen molar-refractivity contribution in [3.8, 4) is 0 Å². The van der Waals surface area contributed by atoms with E-state index >= 15 is 0 Å². The van der Waals surface area contributed by atoms with E-state index in [9.17, 15) is 0 Å². The molecule has 0 saturated carbocycles. The minimum absolute atomic E-state index is 0.372. The fourth-order valence-corrected chi connectivity index (χ4v) is 2.14. The number of para-hydroxylation sites is 1. The molecule has 16 heavy (non-hydrogen) atoms. The summed E-state index contributed by atoms with van der Waals surface area (Å²) in [5, 5.41) is 4.55. The quantitative estimate of drug-likeness (QED) is 0.849. The average molecular weight is 214 g/mol. The predicted molar refractivity (Wildman–Crippen MR) is 68.4 cm³/mol. The van der Waals surface area contributed by atoms with Gasteiger partial charge in [-0.15, -0.1) is 0 Å². The number of hydrogen-bond donors (Lipinski definition) is 1. The summed E-state index contributed by atoms with van der Waals surface area (Å²) in [5.41, 5.74) is 2.32. The highest BCUT2D eigenvalue weighted by molar-refractivity contribution is 5.78. The zero-order chi connectivity index (χ0) is 11.5. The van der Waals surface area contributed by atoms with Crippen molar-refractivity contribution in [2.45, 2.75) is 19.9 Å². The highest BCUT2D eigenvalue weighted by Gasteiger charge is 2.13. The molecule has 0 aliphatic heterocycles. The number of nitrogens with zero attached hydrogens (tertiary/aromatic N) is 1. The number of nitrogens with one attached hydrogen (secondary N) is 1. The molecular weight excluding hydrogens is 196 g/mol. The van der Waals surface area contributed by atoms with E-state index in [0.717, 1.165) is 5.52 Å². The van der Waals surface area contributed by atoms with Crippen LogP contribution in [0.3, 0.4) is 0 Å². The molecule has 2 rings (SSSR count). The van der Waals surface area contributed by atoms with Crippen molar-refractivity contribution in [3.05, 3.63) is 42.1 Å². The van der Waals surface area contributed by atoms with E-state index in [-0.39, 0.29) is 0 Å². The third-order valence-corrected chi connectivity index (χ3v) is 2.95. The van der Waals surface area contributed by atoms with Crippen LogP contribution < -0.4 is 5.32 Å². The van der Waals surface area contributed by atoms with Gasteiger partial charge in [0.15, 0.2) is 0 Å². The second-order valence-electron chi connectivity index (χ2n) is 4.47. The molecule has 0 aliphatic rings. The molecule has 0 amide bonds. The Balaban J connectivity index is 2.45. The lowest BCUT2D eigenvalue weighted by Gasteiger charge is -2.20. The fraction of sp³-hybridized carbons (Fsp3) is 0.357. The van der Waals surface area contributed by atoms with Gasteiger partial charge in [-0.05, 0) is 30.7 Å². The van der Waals surface area contributed by atoms with E-state index in [0.29, 0.717) is 12.0 Å². The highest BCUT2D eigenvalue weighted by atomic mass is 14.9. The van der Waals surface area contributed by atoms with Gasteiger partial charge in [0.25, 0.3) is 0 Å². The Morgan fingerprint density at radius 1 is 1.19 bits per heavy atom. The molecule has 2 nitrogen and oxygen atoms in total. The van der Waals surface area contributed by atoms with Crippen LogP contribution in [0.15, 0.2) is 36.5 Å². The fourth-order valence-electron chi connectivity index (χ4n) is 2.14. The van der Waals surface area contributed by atoms with Gasteiger partial charge in [0.05, 0.1) is 5.52 Å². The van der Waals surface area contributed by atoms with Crippen LogP contribution in [0.2, 0.25) is 0 Å². The van der Waals surface area contributed by atoms with Crippen LogP contribution >= 0.6 is 0 Å². The van der Waals surface area contributed by atoms with Gasteiger partial charge in [-0.2, -0.15) is 0 Å². The van der Waals surface area contributed by atoms with Gasteiger partial charge in [0.1, 0.15) is 0 Å². The summed E-state index contributed by atoms with van der Waals surface area (Å²) in [6.07, 6.45) is 1.98. The molecule has 0 aliphatic carbocycles. The lowest BCUT2D eigenvalue weighted by atomic mass is 9.96. The van der Waals surface area contributed by atoms with Crippen molar-refractivity contribution >= 4 is 10.9 Å². The SMILES string of the molecule is CNC(c1cnc2ccccc2c1)C(C)C. The normalized spacial score (nSPS) is 13.2. The molecule has 0 fully saturated rings. The van der Waals surface area contributed by atoms with Crippen LogP contribution in [0.25, 0.3) is 10.9 Å². The van der Waals surface area contributed by atoms with Gasteiger partial charge < -0.3 is 5.32 Å². The van der Waals surface area contributed by atoms with E-state index < -0.39 is 0 Å². The lowest BCUT2D eigenvalue weighted by Crippen LogP contribution is -2.21. The van der Waals surface area contributed by atoms with Gasteiger partial charge in [-0.1, -0.05) is 32.0 Å². The van der Waals surface area contributed by atoms with Crippen LogP contribution in [-0.2, 0) is 0 Å². The molecule has 1 aromatic carbocycles. The smallest absolute Gasteiger partial charge is 0.0702 e. The zero-order valence-corrected chi connectivity index (χ0v) is 10.1. The maximum atomic E-state index is 4.49. The van der Waals surface area contributed by atoms with Gasteiger partial charge in [0.2, 0.25) is 0 Å². The number of benzene rings is 1. The van der Waals surface area contributed by atoms with Gasteiger partial charge >= 0.3 is 0 Å². The molecule has 0 bridgehead atoms. The Hall–Kier alpha value is -1.41. The first kappa shape index (κ1) is 11.1. The summed E-state index contributed by atoms with van der Waals surface area (Å²) in [6.45, 7) is 4.44. The largest absolute Gasteiger partial charge is 0.313 e. The summed E-state index contributed by atoms with van der Waals surface area (Å²) in [7, 11) is 2.00. The van der Waals surface area contributed by atoms with E-state index in [1.807, 2.05) is 25.4 Å². The topological polar surface area (TPSA) is 24.9 Å². The summed E-state index contributed by atoms with van der Waals surface area (Å²) in [4.78, 5) is 4.49.